The lowest BCUT2D eigenvalue weighted by molar-refractivity contribution is -0.121. The van der Waals surface area contributed by atoms with Crippen molar-refractivity contribution in [2.45, 2.75) is 25.8 Å². The van der Waals surface area contributed by atoms with Crippen LogP contribution in [-0.4, -0.2) is 27.2 Å². The topological polar surface area (TPSA) is 56.8 Å². The number of carbonyl (C=O) groups is 1. The number of nitrogens with one attached hydrogen (secondary N) is 1. The quantitative estimate of drug-likeness (QED) is 0.780. The number of carbonyl (C=O) groups excluding carboxylic acids is 1. The lowest BCUT2D eigenvalue weighted by Crippen LogP contribution is -2.26. The molecule has 1 amide bonds. The van der Waals surface area contributed by atoms with Gasteiger partial charge in [-0.2, -0.15) is 0 Å². The van der Waals surface area contributed by atoms with Gasteiger partial charge in [0.15, 0.2) is 23.1 Å². The van der Waals surface area contributed by atoms with Crippen molar-refractivity contribution in [1.82, 2.24) is 5.32 Å². The molecule has 0 bridgehead atoms. The number of halogens is 1. The third kappa shape index (κ3) is 4.88. The summed E-state index contributed by atoms with van der Waals surface area (Å²) >= 11 is 0. The monoisotopic (exact) mass is 361 g/mol. The molecule has 1 atom stereocenters. The number of amides is 1. The van der Waals surface area contributed by atoms with Gasteiger partial charge in [-0.05, 0) is 48.7 Å². The molecule has 26 heavy (non-hydrogen) atoms. The minimum Gasteiger partial charge on any atom is -0.494 e. The predicted molar refractivity (Wildman–Crippen MR) is 97.4 cm³/mol. The molecule has 0 radical (unpaired) electrons. The maximum atomic E-state index is 13.8. The molecular weight excluding hydrogens is 337 g/mol. The van der Waals surface area contributed by atoms with Crippen LogP contribution in [0.2, 0.25) is 0 Å². The number of rotatable bonds is 8. The van der Waals surface area contributed by atoms with Gasteiger partial charge >= 0.3 is 0 Å². The molecule has 0 spiro atoms. The Kier molecular flexibility index (Phi) is 6.83. The normalized spacial score (nSPS) is 11.6. The standard InChI is InChI=1S/C20H24FNO4/c1-13(15-7-9-17(24-2)16(21)12-15)22-20(23)10-6-14-5-8-18(25-3)19(11-14)26-4/h5,7-9,11-13H,6,10H2,1-4H3,(H,22,23). The van der Waals surface area contributed by atoms with Gasteiger partial charge in [0.05, 0.1) is 27.4 Å². The van der Waals surface area contributed by atoms with Crippen LogP contribution in [0.15, 0.2) is 36.4 Å². The summed E-state index contributed by atoms with van der Waals surface area (Å²) in [5.74, 6) is 0.906. The highest BCUT2D eigenvalue weighted by atomic mass is 19.1. The van der Waals surface area contributed by atoms with Crippen molar-refractivity contribution in [2.75, 3.05) is 21.3 Å². The first kappa shape index (κ1) is 19.6. The highest BCUT2D eigenvalue weighted by Gasteiger charge is 2.13. The van der Waals surface area contributed by atoms with Gasteiger partial charge in [0.25, 0.3) is 0 Å². The second kappa shape index (κ2) is 9.08. The molecule has 5 nitrogen and oxygen atoms in total. The Morgan fingerprint density at radius 3 is 2.27 bits per heavy atom. The maximum absolute atomic E-state index is 13.8. The van der Waals surface area contributed by atoms with E-state index in [0.717, 1.165) is 5.56 Å². The van der Waals surface area contributed by atoms with E-state index in [0.29, 0.717) is 29.9 Å². The van der Waals surface area contributed by atoms with E-state index in [2.05, 4.69) is 5.32 Å². The van der Waals surface area contributed by atoms with Crippen molar-refractivity contribution in [3.05, 3.63) is 53.3 Å². The van der Waals surface area contributed by atoms with Crippen LogP contribution >= 0.6 is 0 Å². The molecule has 1 N–H and O–H groups in total. The largest absolute Gasteiger partial charge is 0.494 e. The van der Waals surface area contributed by atoms with E-state index in [4.69, 9.17) is 14.2 Å². The molecule has 2 aromatic carbocycles. The molecule has 0 fully saturated rings. The molecule has 1 unspecified atom stereocenters. The van der Waals surface area contributed by atoms with E-state index in [9.17, 15) is 9.18 Å². The third-order valence-corrected chi connectivity index (χ3v) is 4.14. The molecule has 2 rings (SSSR count). The summed E-state index contributed by atoms with van der Waals surface area (Å²) in [6.45, 7) is 1.82. The number of methoxy groups -OCH3 is 3. The van der Waals surface area contributed by atoms with E-state index < -0.39 is 5.82 Å². The molecule has 0 heterocycles. The first-order valence-corrected chi connectivity index (χ1v) is 8.32. The molecule has 0 aliphatic carbocycles. The average Bonchev–Trinajstić information content (AvgIpc) is 2.65. The highest BCUT2D eigenvalue weighted by Crippen LogP contribution is 2.28. The molecule has 0 aliphatic heterocycles. The Hall–Kier alpha value is -2.76. The smallest absolute Gasteiger partial charge is 0.220 e. The van der Waals surface area contributed by atoms with Crippen molar-refractivity contribution in [3.8, 4) is 17.2 Å². The fourth-order valence-corrected chi connectivity index (χ4v) is 2.64. The number of hydrogen-bond donors (Lipinski definition) is 1. The van der Waals surface area contributed by atoms with Crippen LogP contribution in [0.25, 0.3) is 0 Å². The van der Waals surface area contributed by atoms with Crippen LogP contribution < -0.4 is 19.5 Å². The van der Waals surface area contributed by atoms with Crippen molar-refractivity contribution in [2.24, 2.45) is 0 Å². The van der Waals surface area contributed by atoms with Crippen molar-refractivity contribution in [3.63, 3.8) is 0 Å². The lowest BCUT2D eigenvalue weighted by atomic mass is 10.1. The second-order valence-electron chi connectivity index (χ2n) is 5.87. The maximum Gasteiger partial charge on any atom is 0.220 e. The number of aryl methyl sites for hydroxylation is 1. The van der Waals surface area contributed by atoms with Gasteiger partial charge in [-0.3, -0.25) is 4.79 Å². The summed E-state index contributed by atoms with van der Waals surface area (Å²) in [7, 11) is 4.57. The molecule has 0 aromatic heterocycles. The zero-order valence-corrected chi connectivity index (χ0v) is 15.5. The van der Waals surface area contributed by atoms with Gasteiger partial charge in [-0.25, -0.2) is 4.39 Å². The number of ether oxygens (including phenoxy) is 3. The molecule has 0 saturated heterocycles. The second-order valence-corrected chi connectivity index (χ2v) is 5.87. The molecular formula is C20H24FNO4. The first-order chi connectivity index (χ1) is 12.5. The molecule has 0 saturated carbocycles. The average molecular weight is 361 g/mol. The summed E-state index contributed by atoms with van der Waals surface area (Å²) in [6.07, 6.45) is 0.883. The van der Waals surface area contributed by atoms with E-state index >= 15 is 0 Å². The minimum atomic E-state index is -0.448. The molecule has 140 valence electrons. The number of benzene rings is 2. The van der Waals surface area contributed by atoms with Crippen molar-refractivity contribution >= 4 is 5.91 Å². The zero-order valence-electron chi connectivity index (χ0n) is 15.5. The fraction of sp³-hybridized carbons (Fsp3) is 0.350. The van der Waals surface area contributed by atoms with Gasteiger partial charge < -0.3 is 19.5 Å². The first-order valence-electron chi connectivity index (χ1n) is 8.32. The molecule has 6 heteroatoms. The Morgan fingerprint density at radius 1 is 1.00 bits per heavy atom. The summed E-state index contributed by atoms with van der Waals surface area (Å²) in [5, 5.41) is 2.88. The van der Waals surface area contributed by atoms with Gasteiger partial charge in [-0.15, -0.1) is 0 Å². The summed E-state index contributed by atoms with van der Waals surface area (Å²) in [4.78, 5) is 12.2. The Labute approximate surface area is 153 Å². The van der Waals surface area contributed by atoms with Crippen LogP contribution in [0, 0.1) is 5.82 Å². The van der Waals surface area contributed by atoms with Gasteiger partial charge in [0, 0.05) is 6.42 Å². The summed E-state index contributed by atoms with van der Waals surface area (Å²) < 4.78 is 29.2. The Balaban J connectivity index is 1.93. The molecule has 2 aromatic rings. The lowest BCUT2D eigenvalue weighted by Gasteiger charge is -2.15. The van der Waals surface area contributed by atoms with Gasteiger partial charge in [0.2, 0.25) is 5.91 Å². The van der Waals surface area contributed by atoms with Gasteiger partial charge in [-0.1, -0.05) is 12.1 Å². The van der Waals surface area contributed by atoms with Crippen LogP contribution in [0.3, 0.4) is 0 Å². The minimum absolute atomic E-state index is 0.108. The van der Waals surface area contributed by atoms with E-state index in [1.54, 1.807) is 26.4 Å². The summed E-state index contributed by atoms with van der Waals surface area (Å²) in [6, 6.07) is 9.93. The van der Waals surface area contributed by atoms with Crippen LogP contribution in [0.4, 0.5) is 4.39 Å². The summed E-state index contributed by atoms with van der Waals surface area (Å²) in [5.41, 5.74) is 1.66. The van der Waals surface area contributed by atoms with Crippen molar-refractivity contribution in [1.29, 1.82) is 0 Å². The van der Waals surface area contributed by atoms with Crippen LogP contribution in [0.5, 0.6) is 17.2 Å². The Bertz CT molecular complexity index is 763. The highest BCUT2D eigenvalue weighted by molar-refractivity contribution is 5.76. The zero-order chi connectivity index (χ0) is 19.1. The predicted octanol–water partition coefficient (Wildman–Crippen LogP) is 3.66. The van der Waals surface area contributed by atoms with E-state index in [1.807, 2.05) is 25.1 Å². The Morgan fingerprint density at radius 2 is 1.65 bits per heavy atom. The fourth-order valence-electron chi connectivity index (χ4n) is 2.64. The number of hydrogen-bond acceptors (Lipinski definition) is 4. The third-order valence-electron chi connectivity index (χ3n) is 4.14. The van der Waals surface area contributed by atoms with Gasteiger partial charge in [0.1, 0.15) is 0 Å². The molecule has 0 aliphatic rings. The van der Waals surface area contributed by atoms with Crippen LogP contribution in [0.1, 0.15) is 30.5 Å². The van der Waals surface area contributed by atoms with Crippen molar-refractivity contribution < 1.29 is 23.4 Å². The SMILES string of the molecule is COc1ccc(C(C)NC(=O)CCc2ccc(OC)c(OC)c2)cc1F. The van der Waals surface area contributed by atoms with E-state index in [1.165, 1.54) is 13.2 Å². The van der Waals surface area contributed by atoms with E-state index in [-0.39, 0.29) is 17.7 Å². The van der Waals surface area contributed by atoms with Crippen LogP contribution in [-0.2, 0) is 11.2 Å².